The highest BCUT2D eigenvalue weighted by molar-refractivity contribution is 4.83. The van der Waals surface area contributed by atoms with E-state index in [1.807, 2.05) is 0 Å². The van der Waals surface area contributed by atoms with E-state index < -0.39 is 5.92 Å². The minimum absolute atomic E-state index is 0.0922. The Bertz CT molecular complexity index is 304. The van der Waals surface area contributed by atoms with Crippen LogP contribution in [-0.4, -0.2) is 5.92 Å². The van der Waals surface area contributed by atoms with Gasteiger partial charge < -0.3 is 0 Å². The highest BCUT2D eigenvalue weighted by atomic mass is 19.3. The molecule has 0 aliphatic heterocycles. The smallest absolute Gasteiger partial charge is 0.207 e. The van der Waals surface area contributed by atoms with Gasteiger partial charge in [0.05, 0.1) is 0 Å². The zero-order valence-electron chi connectivity index (χ0n) is 15.8. The SMILES string of the molecule is CC(C)(C)C1CCC(F)(F)CC1.CC(C)(C)C1CCCCC1. The van der Waals surface area contributed by atoms with Gasteiger partial charge in [-0.25, -0.2) is 8.78 Å². The molecule has 0 aromatic heterocycles. The Labute approximate surface area is 137 Å². The largest absolute Gasteiger partial charge is 0.248 e. The fraction of sp³-hybridized carbons (Fsp3) is 1.00. The third-order valence-electron chi connectivity index (χ3n) is 5.77. The van der Waals surface area contributed by atoms with Crippen LogP contribution in [0.3, 0.4) is 0 Å². The van der Waals surface area contributed by atoms with Crippen LogP contribution in [0.4, 0.5) is 8.78 Å². The van der Waals surface area contributed by atoms with Crippen LogP contribution >= 0.6 is 0 Å². The number of alkyl halides is 2. The van der Waals surface area contributed by atoms with Crippen molar-refractivity contribution in [3.8, 4) is 0 Å². The van der Waals surface area contributed by atoms with Gasteiger partial charge >= 0.3 is 0 Å². The predicted molar refractivity (Wildman–Crippen MR) is 92.4 cm³/mol. The minimum atomic E-state index is -2.37. The van der Waals surface area contributed by atoms with E-state index in [1.54, 1.807) is 0 Å². The van der Waals surface area contributed by atoms with E-state index >= 15 is 0 Å². The lowest BCUT2D eigenvalue weighted by Crippen LogP contribution is -2.31. The monoisotopic (exact) mass is 316 g/mol. The first-order valence-corrected chi connectivity index (χ1v) is 9.30. The summed E-state index contributed by atoms with van der Waals surface area (Å²) in [7, 11) is 0. The van der Waals surface area contributed by atoms with Gasteiger partial charge in [0.1, 0.15) is 0 Å². The maximum Gasteiger partial charge on any atom is 0.248 e. The molecule has 2 aliphatic rings. The summed E-state index contributed by atoms with van der Waals surface area (Å²) in [4.78, 5) is 0. The Balaban J connectivity index is 0.000000224. The van der Waals surface area contributed by atoms with Crippen molar-refractivity contribution in [1.82, 2.24) is 0 Å². The van der Waals surface area contributed by atoms with Gasteiger partial charge in [0.2, 0.25) is 5.92 Å². The molecule has 0 radical (unpaired) electrons. The molecule has 132 valence electrons. The zero-order valence-corrected chi connectivity index (χ0v) is 15.8. The number of hydrogen-bond acceptors (Lipinski definition) is 0. The van der Waals surface area contributed by atoms with E-state index in [0.29, 0.717) is 24.2 Å². The molecule has 0 aromatic carbocycles. The summed E-state index contributed by atoms with van der Waals surface area (Å²) in [6, 6.07) is 0. The fourth-order valence-electron chi connectivity index (χ4n) is 3.87. The van der Waals surface area contributed by atoms with Gasteiger partial charge in [-0.3, -0.25) is 0 Å². The van der Waals surface area contributed by atoms with Crippen molar-refractivity contribution >= 4 is 0 Å². The first-order valence-electron chi connectivity index (χ1n) is 9.30. The molecule has 2 rings (SSSR count). The lowest BCUT2D eigenvalue weighted by molar-refractivity contribution is -0.0582. The molecule has 0 saturated heterocycles. The fourth-order valence-corrected chi connectivity index (χ4v) is 3.87. The summed E-state index contributed by atoms with van der Waals surface area (Å²) in [6.45, 7) is 13.6. The molecule has 2 saturated carbocycles. The Kier molecular flexibility index (Phi) is 6.89. The van der Waals surface area contributed by atoms with E-state index in [-0.39, 0.29) is 18.3 Å². The van der Waals surface area contributed by atoms with Crippen LogP contribution in [-0.2, 0) is 0 Å². The van der Waals surface area contributed by atoms with Crippen LogP contribution in [0.5, 0.6) is 0 Å². The van der Waals surface area contributed by atoms with Crippen molar-refractivity contribution in [3.05, 3.63) is 0 Å². The van der Waals surface area contributed by atoms with Crippen molar-refractivity contribution in [2.75, 3.05) is 0 Å². The van der Waals surface area contributed by atoms with E-state index in [1.165, 1.54) is 32.1 Å². The molecule has 0 aromatic rings. The topological polar surface area (TPSA) is 0 Å². The summed E-state index contributed by atoms with van der Waals surface area (Å²) in [5.74, 6) is -0.889. The zero-order chi connectivity index (χ0) is 17.0. The maximum absolute atomic E-state index is 12.8. The highest BCUT2D eigenvalue weighted by Gasteiger charge is 2.38. The Morgan fingerprint density at radius 2 is 1.00 bits per heavy atom. The van der Waals surface area contributed by atoms with E-state index in [4.69, 9.17) is 0 Å². The molecule has 0 bridgehead atoms. The van der Waals surface area contributed by atoms with Crippen molar-refractivity contribution < 1.29 is 8.78 Å². The first-order chi connectivity index (χ1) is 9.92. The van der Waals surface area contributed by atoms with Crippen LogP contribution < -0.4 is 0 Å². The molecular weight excluding hydrogens is 278 g/mol. The van der Waals surface area contributed by atoms with Crippen LogP contribution in [0.25, 0.3) is 0 Å². The van der Waals surface area contributed by atoms with Crippen LogP contribution in [0, 0.1) is 22.7 Å². The lowest BCUT2D eigenvalue weighted by Gasteiger charge is -2.36. The molecule has 0 heterocycles. The number of halogens is 2. The molecule has 0 spiro atoms. The average molecular weight is 317 g/mol. The molecule has 0 atom stereocenters. The van der Waals surface area contributed by atoms with Crippen molar-refractivity contribution in [2.45, 2.75) is 105 Å². The second-order valence-corrected chi connectivity index (χ2v) is 9.70. The van der Waals surface area contributed by atoms with E-state index in [2.05, 4.69) is 41.5 Å². The van der Waals surface area contributed by atoms with Gasteiger partial charge in [-0.1, -0.05) is 60.8 Å². The summed E-state index contributed by atoms with van der Waals surface area (Å²) in [5, 5.41) is 0. The average Bonchev–Trinajstić information content (AvgIpc) is 2.38. The first kappa shape index (κ1) is 19.9. The van der Waals surface area contributed by atoms with Crippen molar-refractivity contribution in [3.63, 3.8) is 0 Å². The Morgan fingerprint density at radius 3 is 1.32 bits per heavy atom. The van der Waals surface area contributed by atoms with Crippen molar-refractivity contribution in [1.29, 1.82) is 0 Å². The maximum atomic E-state index is 12.8. The Hall–Kier alpha value is -0.140. The molecule has 22 heavy (non-hydrogen) atoms. The molecule has 2 fully saturated rings. The Morgan fingerprint density at radius 1 is 0.636 bits per heavy atom. The van der Waals surface area contributed by atoms with Gasteiger partial charge in [-0.2, -0.15) is 0 Å². The number of hydrogen-bond donors (Lipinski definition) is 0. The summed E-state index contributed by atoms with van der Waals surface area (Å²) in [6.07, 6.45) is 8.94. The third kappa shape index (κ3) is 6.96. The van der Waals surface area contributed by atoms with Gasteiger partial charge in [-0.05, 0) is 48.3 Å². The highest BCUT2D eigenvalue weighted by Crippen LogP contribution is 2.43. The molecule has 2 aliphatic carbocycles. The third-order valence-corrected chi connectivity index (χ3v) is 5.77. The molecule has 0 N–H and O–H groups in total. The molecule has 0 nitrogen and oxygen atoms in total. The molecule has 0 unspecified atom stereocenters. The van der Waals surface area contributed by atoms with Gasteiger partial charge in [0.25, 0.3) is 0 Å². The molecular formula is C20H38F2. The van der Waals surface area contributed by atoms with Crippen LogP contribution in [0.1, 0.15) is 99.3 Å². The lowest BCUT2D eigenvalue weighted by atomic mass is 9.71. The summed E-state index contributed by atoms with van der Waals surface area (Å²) in [5.41, 5.74) is 0.775. The summed E-state index contributed by atoms with van der Waals surface area (Å²) < 4.78 is 25.5. The standard InChI is InChI=1S/C10H18F2.C10H20/c1-9(2,3)8-4-6-10(11,12)7-5-8;1-10(2,3)9-7-5-4-6-8-9/h8H,4-7H2,1-3H3;9H,4-8H2,1-3H3. The second-order valence-electron chi connectivity index (χ2n) is 9.70. The van der Waals surface area contributed by atoms with Crippen molar-refractivity contribution in [2.24, 2.45) is 22.7 Å². The summed E-state index contributed by atoms with van der Waals surface area (Å²) >= 11 is 0. The normalized spacial score (nSPS) is 24.5. The predicted octanol–water partition coefficient (Wildman–Crippen LogP) is 7.47. The van der Waals surface area contributed by atoms with Gasteiger partial charge in [0.15, 0.2) is 0 Å². The molecule has 0 amide bonds. The van der Waals surface area contributed by atoms with E-state index in [0.717, 1.165) is 5.92 Å². The second kappa shape index (κ2) is 7.62. The van der Waals surface area contributed by atoms with Crippen LogP contribution in [0.15, 0.2) is 0 Å². The van der Waals surface area contributed by atoms with Gasteiger partial charge in [0, 0.05) is 12.8 Å². The minimum Gasteiger partial charge on any atom is -0.207 e. The van der Waals surface area contributed by atoms with Gasteiger partial charge in [-0.15, -0.1) is 0 Å². The van der Waals surface area contributed by atoms with E-state index in [9.17, 15) is 8.78 Å². The number of rotatable bonds is 0. The molecule has 2 heteroatoms. The van der Waals surface area contributed by atoms with Crippen LogP contribution in [0.2, 0.25) is 0 Å². The quantitative estimate of drug-likeness (QED) is 0.435.